The summed E-state index contributed by atoms with van der Waals surface area (Å²) in [7, 11) is 0. The lowest BCUT2D eigenvalue weighted by atomic mass is 10.1. The van der Waals surface area contributed by atoms with Crippen LogP contribution < -0.4 is 4.74 Å². The number of nitro groups is 1. The Kier molecular flexibility index (Phi) is 4.92. The second-order valence-corrected chi connectivity index (χ2v) is 6.24. The minimum atomic E-state index is -0.525. The lowest BCUT2D eigenvalue weighted by molar-refractivity contribution is -0.389. The molecule has 1 aromatic heterocycles. The first-order valence-electron chi connectivity index (χ1n) is 7.32. The highest BCUT2D eigenvalue weighted by atomic mass is 79.9. The molecule has 1 atom stereocenters. The van der Waals surface area contributed by atoms with Gasteiger partial charge in [-0.3, -0.25) is 4.57 Å². The molecule has 1 aliphatic heterocycles. The molecule has 1 aromatic carbocycles. The Labute approximate surface area is 141 Å². The highest BCUT2D eigenvalue weighted by Gasteiger charge is 2.28. The highest BCUT2D eigenvalue weighted by molar-refractivity contribution is 9.10. The number of aromatic nitrogens is 2. The van der Waals surface area contributed by atoms with Crippen LogP contribution >= 0.6 is 15.9 Å². The molecule has 0 aliphatic carbocycles. The summed E-state index contributed by atoms with van der Waals surface area (Å²) in [5.41, 5.74) is 1.27. The number of nitrogens with zero attached hydrogens (tertiary/aromatic N) is 3. The second kappa shape index (κ2) is 7.10. The molecule has 0 fully saturated rings. The number of benzene rings is 1. The van der Waals surface area contributed by atoms with Gasteiger partial charge in [-0.15, -0.1) is 0 Å². The second-order valence-electron chi connectivity index (χ2n) is 5.32. The van der Waals surface area contributed by atoms with Crippen LogP contribution in [0.1, 0.15) is 12.0 Å². The van der Waals surface area contributed by atoms with Crippen LogP contribution in [-0.4, -0.2) is 33.8 Å². The standard InChI is InChI=1S/C15H16BrN3O4/c16-12-5-3-11(4-6-12)2-1-7-22-13-8-18-9-14(19(20)21)17-15(18)23-10-13/h3-6,9,13H,1-2,7-8,10H2/t13-/m0/s1. The van der Waals surface area contributed by atoms with Crippen LogP contribution in [0.3, 0.4) is 0 Å². The van der Waals surface area contributed by atoms with Gasteiger partial charge in [-0.25, -0.2) is 0 Å². The summed E-state index contributed by atoms with van der Waals surface area (Å²) < 4.78 is 13.9. The molecule has 0 bridgehead atoms. The molecule has 0 spiro atoms. The third-order valence-corrected chi connectivity index (χ3v) is 4.12. The first-order valence-corrected chi connectivity index (χ1v) is 8.11. The van der Waals surface area contributed by atoms with E-state index in [0.29, 0.717) is 19.8 Å². The van der Waals surface area contributed by atoms with Crippen molar-refractivity contribution in [2.75, 3.05) is 13.2 Å². The van der Waals surface area contributed by atoms with Crippen molar-refractivity contribution in [2.24, 2.45) is 0 Å². The minimum Gasteiger partial charge on any atom is -0.443 e. The maximum atomic E-state index is 10.7. The van der Waals surface area contributed by atoms with E-state index in [0.717, 1.165) is 17.3 Å². The predicted octanol–water partition coefficient (Wildman–Crippen LogP) is 2.96. The normalized spacial score (nSPS) is 16.7. The fraction of sp³-hybridized carbons (Fsp3) is 0.400. The van der Waals surface area contributed by atoms with E-state index in [2.05, 4.69) is 33.0 Å². The maximum absolute atomic E-state index is 10.7. The van der Waals surface area contributed by atoms with Gasteiger partial charge in [0.1, 0.15) is 18.9 Å². The van der Waals surface area contributed by atoms with Gasteiger partial charge in [0.05, 0.1) is 6.54 Å². The van der Waals surface area contributed by atoms with Gasteiger partial charge in [-0.05, 0) is 35.5 Å². The third kappa shape index (κ3) is 4.08. The molecule has 3 rings (SSSR count). The molecule has 0 N–H and O–H groups in total. The Morgan fingerprint density at radius 1 is 1.43 bits per heavy atom. The van der Waals surface area contributed by atoms with E-state index in [4.69, 9.17) is 9.47 Å². The molecule has 7 nitrogen and oxygen atoms in total. The summed E-state index contributed by atoms with van der Waals surface area (Å²) in [6, 6.07) is 8.51. The van der Waals surface area contributed by atoms with Crippen molar-refractivity contribution in [3.05, 3.63) is 50.6 Å². The molecule has 2 heterocycles. The van der Waals surface area contributed by atoms with Crippen LogP contribution in [0, 0.1) is 10.1 Å². The zero-order valence-electron chi connectivity index (χ0n) is 12.4. The van der Waals surface area contributed by atoms with Crippen LogP contribution in [0.25, 0.3) is 0 Å². The van der Waals surface area contributed by atoms with E-state index >= 15 is 0 Å². The Bertz CT molecular complexity index is 687. The molecule has 2 aromatic rings. The summed E-state index contributed by atoms with van der Waals surface area (Å²) in [6.45, 7) is 1.51. The number of fused-ring (bicyclic) bond motifs is 1. The van der Waals surface area contributed by atoms with E-state index in [1.54, 1.807) is 4.57 Å². The summed E-state index contributed by atoms with van der Waals surface area (Å²) in [4.78, 5) is 14.0. The molecule has 122 valence electrons. The van der Waals surface area contributed by atoms with Gasteiger partial charge in [0.2, 0.25) is 0 Å². The molecule has 8 heteroatoms. The first-order chi connectivity index (χ1) is 11.1. The van der Waals surface area contributed by atoms with Crippen molar-refractivity contribution in [1.29, 1.82) is 0 Å². The lowest BCUT2D eigenvalue weighted by Crippen LogP contribution is -2.32. The summed E-state index contributed by atoms with van der Waals surface area (Å²) in [5.74, 6) is -0.198. The lowest BCUT2D eigenvalue weighted by Gasteiger charge is -2.22. The zero-order valence-corrected chi connectivity index (χ0v) is 13.9. The topological polar surface area (TPSA) is 79.4 Å². The van der Waals surface area contributed by atoms with Crippen LogP contribution in [0.15, 0.2) is 34.9 Å². The van der Waals surface area contributed by atoms with Gasteiger partial charge in [-0.2, -0.15) is 0 Å². The van der Waals surface area contributed by atoms with E-state index in [1.165, 1.54) is 11.8 Å². The van der Waals surface area contributed by atoms with Crippen LogP contribution in [0.4, 0.5) is 5.82 Å². The largest absolute Gasteiger partial charge is 0.443 e. The van der Waals surface area contributed by atoms with Gasteiger partial charge in [0, 0.05) is 16.1 Å². The molecule has 0 amide bonds. The van der Waals surface area contributed by atoms with Gasteiger partial charge in [0.25, 0.3) is 0 Å². The Morgan fingerprint density at radius 3 is 2.96 bits per heavy atom. The van der Waals surface area contributed by atoms with Crippen LogP contribution in [-0.2, 0) is 17.7 Å². The number of halogens is 1. The number of ether oxygens (including phenoxy) is 2. The number of aryl methyl sites for hydroxylation is 1. The van der Waals surface area contributed by atoms with Crippen molar-refractivity contribution in [3.63, 3.8) is 0 Å². The first kappa shape index (κ1) is 15.9. The number of hydrogen-bond donors (Lipinski definition) is 0. The fourth-order valence-electron chi connectivity index (χ4n) is 2.44. The average Bonchev–Trinajstić information content (AvgIpc) is 2.97. The molecule has 0 radical (unpaired) electrons. The average molecular weight is 382 g/mol. The van der Waals surface area contributed by atoms with Gasteiger partial charge in [-0.1, -0.05) is 28.1 Å². The van der Waals surface area contributed by atoms with Gasteiger partial charge < -0.3 is 19.6 Å². The predicted molar refractivity (Wildman–Crippen MR) is 86.6 cm³/mol. The zero-order chi connectivity index (χ0) is 16.2. The minimum absolute atomic E-state index is 0.110. The van der Waals surface area contributed by atoms with Crippen molar-refractivity contribution in [1.82, 2.24) is 9.55 Å². The fourth-order valence-corrected chi connectivity index (χ4v) is 2.70. The van der Waals surface area contributed by atoms with Crippen LogP contribution in [0.2, 0.25) is 0 Å². The van der Waals surface area contributed by atoms with Crippen molar-refractivity contribution < 1.29 is 14.4 Å². The molecule has 1 aliphatic rings. The van der Waals surface area contributed by atoms with E-state index in [9.17, 15) is 10.1 Å². The Morgan fingerprint density at radius 2 is 2.22 bits per heavy atom. The SMILES string of the molecule is O=[N+]([O-])c1cn2c(n1)OC[C@@H](OCCCc1ccc(Br)cc1)C2. The third-order valence-electron chi connectivity index (χ3n) is 3.59. The molecular weight excluding hydrogens is 366 g/mol. The highest BCUT2D eigenvalue weighted by Crippen LogP contribution is 2.22. The number of hydrogen-bond acceptors (Lipinski definition) is 5. The van der Waals surface area contributed by atoms with Gasteiger partial charge in [0.15, 0.2) is 0 Å². The maximum Gasteiger partial charge on any atom is 0.414 e. The molecule has 0 unspecified atom stereocenters. The summed E-state index contributed by atoms with van der Waals surface area (Å²) >= 11 is 3.42. The van der Waals surface area contributed by atoms with Crippen molar-refractivity contribution in [3.8, 4) is 6.01 Å². The quantitative estimate of drug-likeness (QED) is 0.436. The Balaban J connectivity index is 1.44. The smallest absolute Gasteiger partial charge is 0.414 e. The van der Waals surface area contributed by atoms with E-state index in [-0.39, 0.29) is 17.9 Å². The van der Waals surface area contributed by atoms with Crippen molar-refractivity contribution >= 4 is 21.7 Å². The number of rotatable bonds is 6. The van der Waals surface area contributed by atoms with Gasteiger partial charge >= 0.3 is 11.8 Å². The van der Waals surface area contributed by atoms with E-state index < -0.39 is 4.92 Å². The summed E-state index contributed by atoms with van der Waals surface area (Å²) in [5, 5.41) is 10.7. The molecule has 23 heavy (non-hydrogen) atoms. The molecular formula is C15H16BrN3O4. The number of imidazole rings is 1. The van der Waals surface area contributed by atoms with Crippen molar-refractivity contribution in [2.45, 2.75) is 25.5 Å². The Hall–Kier alpha value is -1.93. The van der Waals surface area contributed by atoms with E-state index in [1.807, 2.05) is 12.1 Å². The monoisotopic (exact) mass is 381 g/mol. The molecule has 0 saturated carbocycles. The summed E-state index contributed by atoms with van der Waals surface area (Å²) in [6.07, 6.45) is 3.13. The van der Waals surface area contributed by atoms with Crippen LogP contribution in [0.5, 0.6) is 6.01 Å². The molecule has 0 saturated heterocycles.